The van der Waals surface area contributed by atoms with Crippen molar-refractivity contribution in [1.82, 2.24) is 77.1 Å². The summed E-state index contributed by atoms with van der Waals surface area (Å²) in [5.41, 5.74) is 16.4. The Bertz CT molecular complexity index is 7520. The third-order valence-corrected chi connectivity index (χ3v) is 25.9. The van der Waals surface area contributed by atoms with Crippen LogP contribution in [-0.4, -0.2) is 141 Å². The van der Waals surface area contributed by atoms with Crippen molar-refractivity contribution in [3.8, 4) is 126 Å². The van der Waals surface area contributed by atoms with Crippen LogP contribution in [0.4, 0.5) is 8.78 Å². The molecule has 0 unspecified atom stereocenters. The van der Waals surface area contributed by atoms with E-state index in [2.05, 4.69) is 65.6 Å². The van der Waals surface area contributed by atoms with Gasteiger partial charge in [0, 0.05) is 98.0 Å². The zero-order valence-electron chi connectivity index (χ0n) is 81.1. The van der Waals surface area contributed by atoms with Crippen LogP contribution >= 0.6 is 0 Å². The maximum absolute atomic E-state index is 14.5. The normalized spacial score (nSPS) is 15.6. The van der Waals surface area contributed by atoms with E-state index >= 15 is 0 Å². The lowest BCUT2D eigenvalue weighted by atomic mass is 10.0. The van der Waals surface area contributed by atoms with E-state index in [4.69, 9.17) is 48.4 Å². The third kappa shape index (κ3) is 20.9. The predicted molar refractivity (Wildman–Crippen MR) is 542 cm³/mol. The van der Waals surface area contributed by atoms with Crippen LogP contribution in [0.15, 0.2) is 257 Å². The lowest BCUT2D eigenvalue weighted by molar-refractivity contribution is -0.130. The minimum atomic E-state index is -0.556. The number of likely N-dealkylation sites (tertiary alicyclic amines) is 4. The number of carbonyl (C=O) groups is 4. The van der Waals surface area contributed by atoms with Crippen LogP contribution in [0.1, 0.15) is 172 Å². The number of hydrogen-bond acceptors (Lipinski definition) is 18. The first-order chi connectivity index (χ1) is 69.1. The van der Waals surface area contributed by atoms with Gasteiger partial charge in [-0.25, -0.2) is 19.9 Å². The topological polar surface area (TPSA) is 257 Å². The lowest BCUT2D eigenvalue weighted by Gasteiger charge is -2.34. The first kappa shape index (κ1) is 97.0. The van der Waals surface area contributed by atoms with Gasteiger partial charge in [-0.3, -0.25) is 56.7 Å². The number of rotatable bonds is 20. The Kier molecular flexibility index (Phi) is 30.1. The molecule has 720 valence electrons. The highest BCUT2D eigenvalue weighted by atomic mass is 19.1. The second-order valence-corrected chi connectivity index (χ2v) is 35.1. The molecule has 4 atom stereocenters. The molecular weight excluding hydrogens is 1790 g/mol. The van der Waals surface area contributed by atoms with E-state index in [0.29, 0.717) is 31.1 Å². The van der Waals surface area contributed by atoms with Gasteiger partial charge in [-0.05, 0) is 313 Å². The quantitative estimate of drug-likeness (QED) is 0.0507. The zero-order valence-corrected chi connectivity index (χ0v) is 81.1. The van der Waals surface area contributed by atoms with Gasteiger partial charge < -0.3 is 48.0 Å². The monoisotopic (exact) mass is 1900 g/mol. The fraction of sp³-hybridized carbons (Fsp3) is 0.263. The summed E-state index contributed by atoms with van der Waals surface area (Å²) in [5.74, 6) is 17.2. The molecule has 26 nitrogen and oxygen atoms in total. The number of methoxy groups -OCH3 is 2. The van der Waals surface area contributed by atoms with Gasteiger partial charge in [-0.2, -0.15) is 8.78 Å². The van der Waals surface area contributed by atoms with E-state index in [-0.39, 0.29) is 70.8 Å². The molecule has 4 saturated heterocycles. The van der Waals surface area contributed by atoms with E-state index in [9.17, 15) is 28.0 Å². The van der Waals surface area contributed by atoms with Crippen LogP contribution in [0, 0.1) is 76.9 Å². The van der Waals surface area contributed by atoms with E-state index in [1.54, 1.807) is 99.3 Å². The van der Waals surface area contributed by atoms with Gasteiger partial charge in [0.2, 0.25) is 23.4 Å². The highest BCUT2D eigenvalue weighted by Gasteiger charge is 2.37. The smallest absolute Gasteiger partial charge is 0.299 e. The number of fused-ring (bicyclic) bond motifs is 4. The van der Waals surface area contributed by atoms with Crippen molar-refractivity contribution in [2.45, 2.75) is 157 Å². The van der Waals surface area contributed by atoms with Crippen molar-refractivity contribution in [2.75, 3.05) is 40.4 Å². The Balaban J connectivity index is 0.000000130. The Morgan fingerprint density at radius 3 is 0.887 bits per heavy atom. The van der Waals surface area contributed by atoms with Gasteiger partial charge >= 0.3 is 0 Å². The summed E-state index contributed by atoms with van der Waals surface area (Å²) >= 11 is 0. The second-order valence-electron chi connectivity index (χ2n) is 35.1. The van der Waals surface area contributed by atoms with E-state index in [0.717, 1.165) is 231 Å². The fourth-order valence-electron chi connectivity index (χ4n) is 19.1. The maximum Gasteiger partial charge on any atom is 0.299 e. The SMILES string of the molecule is C=CC(=O)N1CCCC[C@H]1c1nc(-c2ccc(Oc3cccc(C)c3)cc2)c2c(C)nccn12.C=CC(=O)N1CCCC[C@H]1c1nc(-c2ccc(Oc3cccc(OC)c3F)cc2)c2c(C)nccn12.CC#CC(=O)N1CCCC[C@H]1c1nc(-c2ccc(Oc3cccc(C)c3)cc2)c2c(C)nccn12.CC#CC(=O)N1CCCC[C@H]1c1nc(-c2ccc(Oc3cccc(OC)c3F)cc2)c2c(C)nccn12. The number of imidazole rings is 4. The Hall–Kier alpha value is -16.6. The molecule has 8 aromatic carbocycles. The molecule has 4 aliphatic heterocycles. The van der Waals surface area contributed by atoms with Crippen molar-refractivity contribution in [3.63, 3.8) is 0 Å². The number of benzene rings is 8. The van der Waals surface area contributed by atoms with Crippen LogP contribution < -0.4 is 28.4 Å². The van der Waals surface area contributed by atoms with Gasteiger partial charge in [0.25, 0.3) is 11.8 Å². The number of amides is 4. The van der Waals surface area contributed by atoms with Gasteiger partial charge in [-0.1, -0.05) is 61.4 Å². The van der Waals surface area contributed by atoms with E-state index < -0.39 is 11.6 Å². The number of piperidine rings is 4. The third-order valence-electron chi connectivity index (χ3n) is 25.9. The second kappa shape index (κ2) is 44.0. The molecule has 0 saturated carbocycles. The first-order valence-corrected chi connectivity index (χ1v) is 47.7. The molecule has 12 heterocycles. The molecule has 4 aliphatic rings. The van der Waals surface area contributed by atoms with Gasteiger partial charge in [-0.15, -0.1) is 0 Å². The van der Waals surface area contributed by atoms with Crippen molar-refractivity contribution >= 4 is 45.7 Å². The predicted octanol–water partition coefficient (Wildman–Crippen LogP) is 23.5. The number of halogens is 2. The highest BCUT2D eigenvalue weighted by molar-refractivity contribution is 5.95. The molecule has 28 heteroatoms. The van der Waals surface area contributed by atoms with Crippen LogP contribution in [-0.2, 0) is 19.2 Å². The van der Waals surface area contributed by atoms with E-state index in [1.807, 2.05) is 216 Å². The summed E-state index contributed by atoms with van der Waals surface area (Å²) < 4.78 is 70.9. The summed E-state index contributed by atoms with van der Waals surface area (Å²) in [6.07, 6.45) is 28.9. The highest BCUT2D eigenvalue weighted by Crippen LogP contribution is 2.44. The Labute approximate surface area is 823 Å². The van der Waals surface area contributed by atoms with Gasteiger partial charge in [0.15, 0.2) is 23.0 Å². The Morgan fingerprint density at radius 2 is 0.613 bits per heavy atom. The van der Waals surface area contributed by atoms with Gasteiger partial charge in [0.1, 0.15) is 57.8 Å². The standard InChI is InChI=1S/C29H27FN4O3.C29H28N4O2.C28H27FN4O3.C28H28N4O2/c1-4-8-25(35)33-17-6-5-9-22(33)29-32-27(28-19(2)31-16-18-34(28)29)20-12-14-21(15-13-20)37-24-11-7-10-23(36-3)26(24)30;1-4-8-26(34)32-17-6-5-11-25(32)29-31-27(28-21(3)30-16-18-33(28)29)22-12-14-23(15-13-22)35-24-10-7-9-20(2)19-24;1-4-24(34)32-16-6-5-8-21(32)28-31-26(27-18(2)30-15-17-33(27)28)19-11-13-20(14-12-19)36-23-10-7-9-22(35-3)25(23)29;1-4-25(33)31-16-6-5-10-24(31)28-30-26(27-20(3)29-15-17-32(27)28)21-11-13-22(14-12-21)34-23-9-7-8-19(2)18-23/h7,10-16,18,22H,5-6,9,17H2,1-3H3;7,9-10,12-16,18-19,25H,5-6,11,17H2,1-3H3;4,7,9-15,17,21H,1,5-6,8,16H2,2-3H3;4,7-9,11-15,17-18,24H,1,5-6,10,16H2,2-3H3/t22-;25-;21-;24-/m0000/s1. The zero-order chi connectivity index (χ0) is 99.2. The van der Waals surface area contributed by atoms with Crippen molar-refractivity contribution < 1.29 is 56.4 Å². The molecule has 4 fully saturated rings. The average molecular weight is 1900 g/mol. The molecular formula is C114H110F2N16O10. The molecule has 0 bridgehead atoms. The maximum atomic E-state index is 14.5. The molecule has 8 aromatic heterocycles. The number of aryl methyl sites for hydroxylation is 6. The molecule has 0 spiro atoms. The molecule has 0 N–H and O–H groups in total. The molecule has 142 heavy (non-hydrogen) atoms. The summed E-state index contributed by atoms with van der Waals surface area (Å²) in [4.78, 5) is 96.5. The molecule has 4 amide bonds. The van der Waals surface area contributed by atoms with Gasteiger partial charge in [0.05, 0.1) is 106 Å². The molecule has 16 aromatic rings. The number of ether oxygens (including phenoxy) is 6. The molecule has 0 radical (unpaired) electrons. The number of carbonyl (C=O) groups excluding carboxylic acids is 4. The molecule has 0 aliphatic carbocycles. The largest absolute Gasteiger partial charge is 0.494 e. The van der Waals surface area contributed by atoms with Crippen molar-refractivity contribution in [2.24, 2.45) is 0 Å². The number of hydrogen-bond donors (Lipinski definition) is 0. The summed E-state index contributed by atoms with van der Waals surface area (Å²) in [5, 5.41) is 0. The number of nitrogens with zero attached hydrogens (tertiary/aromatic N) is 16. The van der Waals surface area contributed by atoms with Crippen LogP contribution in [0.2, 0.25) is 0 Å². The average Bonchev–Trinajstić information content (AvgIpc) is 1.62. The minimum absolute atomic E-state index is 0.0496. The minimum Gasteiger partial charge on any atom is -0.494 e. The van der Waals surface area contributed by atoms with Crippen molar-refractivity contribution in [1.29, 1.82) is 0 Å². The molecule has 20 rings (SSSR count). The fourth-order valence-corrected chi connectivity index (χ4v) is 19.1. The summed E-state index contributed by atoms with van der Waals surface area (Å²) in [6.45, 7) is 25.4. The summed E-state index contributed by atoms with van der Waals surface area (Å²) in [6, 6.07) is 55.6. The lowest BCUT2D eigenvalue weighted by Crippen LogP contribution is -2.38. The van der Waals surface area contributed by atoms with Crippen LogP contribution in [0.25, 0.3) is 67.1 Å². The van der Waals surface area contributed by atoms with Crippen molar-refractivity contribution in [3.05, 3.63) is 326 Å². The Morgan fingerprint density at radius 1 is 0.345 bits per heavy atom. The number of aromatic nitrogens is 12. The summed E-state index contributed by atoms with van der Waals surface area (Å²) in [7, 11) is 2.83. The van der Waals surface area contributed by atoms with Crippen LogP contribution in [0.5, 0.6) is 57.5 Å². The first-order valence-electron chi connectivity index (χ1n) is 47.7. The van der Waals surface area contributed by atoms with E-state index in [1.165, 1.54) is 26.4 Å². The van der Waals surface area contributed by atoms with Crippen LogP contribution in [0.3, 0.4) is 0 Å².